The molecule has 1 aliphatic carbocycles. The molecule has 0 saturated heterocycles. The number of H-pyrrole nitrogens is 1. The molecule has 166 valence electrons. The highest BCUT2D eigenvalue weighted by molar-refractivity contribution is 7.91. The lowest BCUT2D eigenvalue weighted by Crippen LogP contribution is -2.14. The Balaban J connectivity index is 2.07. The Bertz CT molecular complexity index is 1170. The molecule has 0 bridgehead atoms. The Labute approximate surface area is 186 Å². The third kappa shape index (κ3) is 5.53. The molecule has 2 aromatic rings. The minimum Gasteiger partial charge on any atom is -0.396 e. The highest BCUT2D eigenvalue weighted by Crippen LogP contribution is 2.33. The fourth-order valence-electron chi connectivity index (χ4n) is 3.79. The second-order valence-corrected chi connectivity index (χ2v) is 10.2. The summed E-state index contributed by atoms with van der Waals surface area (Å²) in [6, 6.07) is 8.28. The first kappa shape index (κ1) is 23.4. The highest BCUT2D eigenvalue weighted by atomic mass is 35.5. The molecule has 1 saturated carbocycles. The van der Waals surface area contributed by atoms with Crippen molar-refractivity contribution in [3.8, 4) is 0 Å². The first-order valence-electron chi connectivity index (χ1n) is 10.3. The van der Waals surface area contributed by atoms with Crippen molar-refractivity contribution in [2.45, 2.75) is 43.9 Å². The summed E-state index contributed by atoms with van der Waals surface area (Å²) >= 11 is 6.35. The van der Waals surface area contributed by atoms with E-state index in [1.54, 1.807) is 18.2 Å². The van der Waals surface area contributed by atoms with Crippen LogP contribution in [0.25, 0.3) is 5.57 Å². The molecule has 8 heteroatoms. The van der Waals surface area contributed by atoms with Crippen molar-refractivity contribution in [3.05, 3.63) is 68.6 Å². The van der Waals surface area contributed by atoms with Crippen molar-refractivity contribution in [1.29, 1.82) is 0 Å². The van der Waals surface area contributed by atoms with Crippen LogP contribution in [0.2, 0.25) is 5.02 Å². The van der Waals surface area contributed by atoms with E-state index < -0.39 is 9.84 Å². The lowest BCUT2D eigenvalue weighted by molar-refractivity contribution is -0.117. The van der Waals surface area contributed by atoms with Crippen LogP contribution in [-0.4, -0.2) is 36.7 Å². The molecule has 0 aliphatic heterocycles. The van der Waals surface area contributed by atoms with Crippen LogP contribution in [0.4, 0.5) is 0 Å². The molecule has 1 unspecified atom stereocenters. The Morgan fingerprint density at radius 2 is 2.03 bits per heavy atom. The summed E-state index contributed by atoms with van der Waals surface area (Å²) in [6.07, 6.45) is 4.42. The van der Waals surface area contributed by atoms with Crippen molar-refractivity contribution in [1.82, 2.24) is 4.98 Å². The number of carbonyl (C=O) groups is 1. The van der Waals surface area contributed by atoms with Crippen LogP contribution >= 0.6 is 11.6 Å². The number of aromatic amines is 1. The topological polar surface area (TPSA) is 104 Å². The summed E-state index contributed by atoms with van der Waals surface area (Å²) in [7, 11) is -3.62. The van der Waals surface area contributed by atoms with Gasteiger partial charge in [0.25, 0.3) is 5.56 Å². The van der Waals surface area contributed by atoms with Gasteiger partial charge in [0.1, 0.15) is 5.78 Å². The molecule has 1 heterocycles. The van der Waals surface area contributed by atoms with Crippen molar-refractivity contribution >= 4 is 32.8 Å². The molecule has 1 atom stereocenters. The fourth-order valence-corrected chi connectivity index (χ4v) is 5.68. The predicted octanol–water partition coefficient (Wildman–Crippen LogP) is 3.55. The van der Waals surface area contributed by atoms with Crippen molar-refractivity contribution < 1.29 is 18.3 Å². The van der Waals surface area contributed by atoms with Crippen LogP contribution in [0.1, 0.15) is 49.4 Å². The molecule has 0 amide bonds. The number of rotatable bonds is 8. The van der Waals surface area contributed by atoms with Gasteiger partial charge in [-0.3, -0.25) is 9.59 Å². The molecule has 1 aromatic carbocycles. The van der Waals surface area contributed by atoms with Gasteiger partial charge in [-0.1, -0.05) is 36.7 Å². The highest BCUT2D eigenvalue weighted by Gasteiger charge is 2.23. The molecule has 31 heavy (non-hydrogen) atoms. The fraction of sp³-hybridized carbons (Fsp3) is 0.391. The minimum atomic E-state index is -3.62. The maximum absolute atomic E-state index is 12.5. The van der Waals surface area contributed by atoms with Gasteiger partial charge in [0.15, 0.2) is 9.84 Å². The van der Waals surface area contributed by atoms with Gasteiger partial charge in [-0.2, -0.15) is 0 Å². The van der Waals surface area contributed by atoms with Crippen molar-refractivity contribution in [2.75, 3.05) is 12.4 Å². The van der Waals surface area contributed by atoms with Gasteiger partial charge in [-0.15, -0.1) is 0 Å². The number of benzene rings is 1. The van der Waals surface area contributed by atoms with Crippen LogP contribution in [0, 0.1) is 5.92 Å². The molecule has 6 nitrogen and oxygen atoms in total. The quantitative estimate of drug-likeness (QED) is 0.623. The zero-order valence-corrected chi connectivity index (χ0v) is 18.9. The van der Waals surface area contributed by atoms with E-state index in [1.807, 2.05) is 19.1 Å². The molecule has 0 spiro atoms. The van der Waals surface area contributed by atoms with E-state index in [0.717, 1.165) is 6.42 Å². The summed E-state index contributed by atoms with van der Waals surface area (Å²) < 4.78 is 25.0. The molecule has 1 aromatic heterocycles. The molecule has 1 aliphatic rings. The number of pyridine rings is 1. The van der Waals surface area contributed by atoms with Gasteiger partial charge in [0, 0.05) is 36.3 Å². The predicted molar refractivity (Wildman–Crippen MR) is 121 cm³/mol. The number of aryl methyl sites for hydroxylation is 1. The summed E-state index contributed by atoms with van der Waals surface area (Å²) in [5.74, 6) is 0.0590. The Kier molecular flexibility index (Phi) is 7.51. The second-order valence-electron chi connectivity index (χ2n) is 7.74. The second kappa shape index (κ2) is 9.94. The number of hydrogen-bond acceptors (Lipinski definition) is 5. The van der Waals surface area contributed by atoms with Crippen LogP contribution < -0.4 is 5.56 Å². The maximum Gasteiger partial charge on any atom is 0.251 e. The van der Waals surface area contributed by atoms with Crippen molar-refractivity contribution in [3.63, 3.8) is 0 Å². The Hall–Kier alpha value is -2.22. The number of sulfone groups is 1. The van der Waals surface area contributed by atoms with Gasteiger partial charge in [-0.05, 0) is 48.9 Å². The van der Waals surface area contributed by atoms with E-state index in [9.17, 15) is 18.0 Å². The van der Waals surface area contributed by atoms with Crippen LogP contribution in [0.15, 0.2) is 46.1 Å². The van der Waals surface area contributed by atoms with Crippen molar-refractivity contribution in [2.24, 2.45) is 5.92 Å². The minimum absolute atomic E-state index is 0.0107. The van der Waals surface area contributed by atoms with E-state index in [1.165, 1.54) is 6.07 Å². The molecule has 1 fully saturated rings. The number of carbonyl (C=O) groups excluding carboxylic acids is 1. The Morgan fingerprint density at radius 1 is 1.26 bits per heavy atom. The zero-order valence-electron chi connectivity index (χ0n) is 17.4. The maximum atomic E-state index is 12.5. The number of hydrogen-bond donors (Lipinski definition) is 2. The van der Waals surface area contributed by atoms with Gasteiger partial charge in [-0.25, -0.2) is 8.42 Å². The van der Waals surface area contributed by atoms with E-state index >= 15 is 0 Å². The summed E-state index contributed by atoms with van der Waals surface area (Å²) in [5.41, 5.74) is 2.45. The number of aliphatic hydroxyl groups is 1. The average Bonchev–Trinajstić information content (AvgIpc) is 3.15. The zero-order chi connectivity index (χ0) is 22.6. The standard InChI is InChI=1S/C23H26ClNO5S/c1-2-16-5-8-21(25-23(16)28)19(13-15-4-7-18(27)12-15)17-6-9-22(20(24)14-17)31(29,30)11-3-10-26/h5-6,8-9,13-15,26H,2-4,7,10-12H2,1H3,(H,25,28)/b19-13+. The number of ketones is 1. The average molecular weight is 464 g/mol. The van der Waals surface area contributed by atoms with E-state index in [0.29, 0.717) is 41.7 Å². The van der Waals surface area contributed by atoms with Crippen LogP contribution in [-0.2, 0) is 21.1 Å². The monoisotopic (exact) mass is 463 g/mol. The normalized spacial score (nSPS) is 17.3. The Morgan fingerprint density at radius 3 is 2.61 bits per heavy atom. The lowest BCUT2D eigenvalue weighted by Gasteiger charge is -2.14. The van der Waals surface area contributed by atoms with Crippen LogP contribution in [0.3, 0.4) is 0 Å². The van der Waals surface area contributed by atoms with Gasteiger partial charge in [0.2, 0.25) is 0 Å². The molecular weight excluding hydrogens is 438 g/mol. The largest absolute Gasteiger partial charge is 0.396 e. The SMILES string of the molecule is CCc1ccc(/C(=C/C2CCC(=O)C2)c2ccc(S(=O)(=O)CCCO)c(Cl)c2)[nH]c1=O. The molecular formula is C23H26ClNO5S. The molecule has 0 radical (unpaired) electrons. The molecule has 2 N–H and O–H groups in total. The van der Waals surface area contributed by atoms with Gasteiger partial charge in [0.05, 0.1) is 15.7 Å². The first-order valence-corrected chi connectivity index (χ1v) is 12.4. The first-order chi connectivity index (χ1) is 14.7. The summed E-state index contributed by atoms with van der Waals surface area (Å²) in [4.78, 5) is 27.1. The number of halogens is 1. The summed E-state index contributed by atoms with van der Waals surface area (Å²) in [6.45, 7) is 1.68. The lowest BCUT2D eigenvalue weighted by atomic mass is 9.95. The smallest absolute Gasteiger partial charge is 0.251 e. The van der Waals surface area contributed by atoms with Gasteiger partial charge < -0.3 is 10.1 Å². The number of allylic oxidation sites excluding steroid dienone is 1. The third-order valence-corrected chi connectivity index (χ3v) is 7.77. The van der Waals surface area contributed by atoms with Crippen LogP contribution in [0.5, 0.6) is 0 Å². The van der Waals surface area contributed by atoms with Gasteiger partial charge >= 0.3 is 0 Å². The van der Waals surface area contributed by atoms with E-state index in [2.05, 4.69) is 4.98 Å². The third-order valence-electron chi connectivity index (χ3n) is 5.50. The number of aliphatic hydroxyl groups excluding tert-OH is 1. The number of aromatic nitrogens is 1. The summed E-state index contributed by atoms with van der Waals surface area (Å²) in [5, 5.41) is 9.02. The number of Topliss-reactive ketones (excluding diaryl/α,β-unsaturated/α-hetero) is 1. The van der Waals surface area contributed by atoms with E-state index in [4.69, 9.17) is 16.7 Å². The number of nitrogens with one attached hydrogen (secondary N) is 1. The van der Waals surface area contributed by atoms with E-state index in [-0.39, 0.29) is 46.0 Å². The molecule has 3 rings (SSSR count).